The fourth-order valence-electron chi connectivity index (χ4n) is 4.94. The van der Waals surface area contributed by atoms with Gasteiger partial charge in [0.05, 0.1) is 11.0 Å². The van der Waals surface area contributed by atoms with Crippen molar-refractivity contribution in [2.75, 3.05) is 24.5 Å². The van der Waals surface area contributed by atoms with Crippen LogP contribution in [0.5, 0.6) is 0 Å². The molecule has 2 aliphatic rings. The molecule has 5 nitrogen and oxygen atoms in total. The number of aryl methyl sites for hydroxylation is 1. The van der Waals surface area contributed by atoms with Crippen molar-refractivity contribution in [2.45, 2.75) is 76.8 Å². The Balaban J connectivity index is 1.52. The van der Waals surface area contributed by atoms with Gasteiger partial charge in [0.25, 0.3) is 5.92 Å². The lowest BCUT2D eigenvalue weighted by Crippen LogP contribution is -2.42. The molecule has 4 rings (SSSR count). The molecule has 0 atom stereocenters. The summed E-state index contributed by atoms with van der Waals surface area (Å²) in [5, 5.41) is 0. The zero-order valence-electron chi connectivity index (χ0n) is 17.8. The predicted octanol–water partition coefficient (Wildman–Crippen LogP) is 4.84. The second-order valence-corrected chi connectivity index (χ2v) is 8.62. The molecule has 164 valence electrons. The van der Waals surface area contributed by atoms with Crippen LogP contribution in [-0.2, 0) is 11.3 Å². The summed E-state index contributed by atoms with van der Waals surface area (Å²) in [6.45, 7) is 3.88. The minimum Gasteiger partial charge on any atom is -0.342 e. The van der Waals surface area contributed by atoms with Crippen LogP contribution in [0.15, 0.2) is 24.3 Å². The summed E-state index contributed by atoms with van der Waals surface area (Å²) in [5.41, 5.74) is 1.80. The van der Waals surface area contributed by atoms with Gasteiger partial charge in [0, 0.05) is 51.5 Å². The first-order valence-corrected chi connectivity index (χ1v) is 11.4. The second kappa shape index (κ2) is 8.90. The Morgan fingerprint density at radius 1 is 1.17 bits per heavy atom. The number of imidazole rings is 1. The molecule has 0 bridgehead atoms. The van der Waals surface area contributed by atoms with Crippen molar-refractivity contribution in [1.29, 1.82) is 0 Å². The monoisotopic (exact) mass is 418 g/mol. The van der Waals surface area contributed by atoms with Crippen LogP contribution in [0.4, 0.5) is 14.7 Å². The standard InChI is InChI=1S/C23H32F2N4O/c1-2-28(18-8-4-3-5-9-18)21(30)12-15-29-20-11-7-6-10-19(20)26-22(29)27-16-13-23(24,25)14-17-27/h6-7,10-11,18H,2-5,8-9,12-17H2,1H3. The molecule has 7 heteroatoms. The van der Waals surface area contributed by atoms with E-state index in [1.807, 2.05) is 38.6 Å². The summed E-state index contributed by atoms with van der Waals surface area (Å²) in [6.07, 6.45) is 5.96. The van der Waals surface area contributed by atoms with Crippen molar-refractivity contribution in [3.63, 3.8) is 0 Å². The van der Waals surface area contributed by atoms with E-state index in [1.54, 1.807) is 0 Å². The Hall–Kier alpha value is -2.18. The number of rotatable bonds is 6. The van der Waals surface area contributed by atoms with Gasteiger partial charge in [-0.2, -0.15) is 0 Å². The summed E-state index contributed by atoms with van der Waals surface area (Å²) in [4.78, 5) is 21.8. The number of halogens is 2. The van der Waals surface area contributed by atoms with Crippen LogP contribution in [0.25, 0.3) is 11.0 Å². The maximum atomic E-state index is 13.7. The van der Waals surface area contributed by atoms with Gasteiger partial charge in [-0.05, 0) is 31.9 Å². The van der Waals surface area contributed by atoms with Crippen molar-refractivity contribution in [3.8, 4) is 0 Å². The molecule has 2 fully saturated rings. The third kappa shape index (κ3) is 4.44. The van der Waals surface area contributed by atoms with Crippen molar-refractivity contribution < 1.29 is 13.6 Å². The van der Waals surface area contributed by atoms with Gasteiger partial charge in [-0.1, -0.05) is 31.4 Å². The first-order chi connectivity index (χ1) is 14.5. The van der Waals surface area contributed by atoms with Gasteiger partial charge in [0.15, 0.2) is 0 Å². The number of carbonyl (C=O) groups is 1. The van der Waals surface area contributed by atoms with E-state index in [-0.39, 0.29) is 31.8 Å². The molecule has 30 heavy (non-hydrogen) atoms. The molecule has 2 aromatic rings. The molecule has 2 heterocycles. The Morgan fingerprint density at radius 3 is 2.57 bits per heavy atom. The van der Waals surface area contributed by atoms with Crippen molar-refractivity contribution in [2.24, 2.45) is 0 Å². The lowest BCUT2D eigenvalue weighted by molar-refractivity contribution is -0.134. The molecular formula is C23H32F2N4O. The van der Waals surface area contributed by atoms with E-state index < -0.39 is 5.92 Å². The lowest BCUT2D eigenvalue weighted by Gasteiger charge is -2.34. The molecule has 0 N–H and O–H groups in total. The number of benzene rings is 1. The Morgan fingerprint density at radius 2 is 1.87 bits per heavy atom. The number of alkyl halides is 2. The van der Waals surface area contributed by atoms with Crippen LogP contribution in [0.1, 0.15) is 58.3 Å². The van der Waals surface area contributed by atoms with E-state index in [4.69, 9.17) is 4.98 Å². The van der Waals surface area contributed by atoms with E-state index in [0.717, 1.165) is 30.4 Å². The topological polar surface area (TPSA) is 41.4 Å². The number of fused-ring (bicyclic) bond motifs is 1. The van der Waals surface area contributed by atoms with Gasteiger partial charge in [-0.15, -0.1) is 0 Å². The maximum Gasteiger partial charge on any atom is 0.251 e. The second-order valence-electron chi connectivity index (χ2n) is 8.62. The SMILES string of the molecule is CCN(C(=O)CCn1c(N2CCC(F)(F)CC2)nc2ccccc21)C1CCCCC1. The quantitative estimate of drug-likeness (QED) is 0.674. The number of para-hydroxylation sites is 2. The average molecular weight is 419 g/mol. The van der Waals surface area contributed by atoms with E-state index in [2.05, 4.69) is 6.92 Å². The summed E-state index contributed by atoms with van der Waals surface area (Å²) in [7, 11) is 0. The third-order valence-corrected chi connectivity index (χ3v) is 6.64. The van der Waals surface area contributed by atoms with Crippen LogP contribution in [-0.4, -0.2) is 52.0 Å². The smallest absolute Gasteiger partial charge is 0.251 e. The molecule has 1 aliphatic heterocycles. The molecule has 1 saturated heterocycles. The van der Waals surface area contributed by atoms with E-state index >= 15 is 0 Å². The third-order valence-electron chi connectivity index (χ3n) is 6.64. The largest absolute Gasteiger partial charge is 0.342 e. The van der Waals surface area contributed by atoms with Gasteiger partial charge >= 0.3 is 0 Å². The van der Waals surface area contributed by atoms with Gasteiger partial charge in [-0.3, -0.25) is 4.79 Å². The Labute approximate surface area is 177 Å². The number of nitrogens with zero attached hydrogens (tertiary/aromatic N) is 4. The minimum atomic E-state index is -2.59. The number of carbonyl (C=O) groups excluding carboxylic acids is 1. The molecule has 0 spiro atoms. The first kappa shape index (κ1) is 21.1. The summed E-state index contributed by atoms with van der Waals surface area (Å²) in [5.74, 6) is -1.70. The van der Waals surface area contributed by atoms with Crippen LogP contribution in [0, 0.1) is 0 Å². The fourth-order valence-corrected chi connectivity index (χ4v) is 4.94. The van der Waals surface area contributed by atoms with Crippen LogP contribution in [0.2, 0.25) is 0 Å². The summed E-state index contributed by atoms with van der Waals surface area (Å²) >= 11 is 0. The number of amides is 1. The molecule has 1 saturated carbocycles. The molecule has 0 radical (unpaired) electrons. The van der Waals surface area contributed by atoms with Gasteiger partial charge in [0.1, 0.15) is 0 Å². The van der Waals surface area contributed by atoms with Crippen LogP contribution < -0.4 is 4.90 Å². The molecule has 1 amide bonds. The van der Waals surface area contributed by atoms with Crippen molar-refractivity contribution >= 4 is 22.9 Å². The predicted molar refractivity (Wildman–Crippen MR) is 115 cm³/mol. The summed E-state index contributed by atoms with van der Waals surface area (Å²) in [6, 6.07) is 8.18. The van der Waals surface area contributed by atoms with E-state index in [9.17, 15) is 13.6 Å². The van der Waals surface area contributed by atoms with Crippen LogP contribution >= 0.6 is 0 Å². The first-order valence-electron chi connectivity index (χ1n) is 11.4. The number of hydrogen-bond acceptors (Lipinski definition) is 3. The molecule has 0 unspecified atom stereocenters. The summed E-state index contributed by atoms with van der Waals surface area (Å²) < 4.78 is 29.4. The number of piperidine rings is 1. The zero-order chi connectivity index (χ0) is 21.1. The zero-order valence-corrected chi connectivity index (χ0v) is 17.8. The van der Waals surface area contributed by atoms with Crippen molar-refractivity contribution in [3.05, 3.63) is 24.3 Å². The highest BCUT2D eigenvalue weighted by atomic mass is 19.3. The molecule has 1 aromatic heterocycles. The van der Waals surface area contributed by atoms with Gasteiger partial charge in [-0.25, -0.2) is 13.8 Å². The minimum absolute atomic E-state index is 0.152. The highest BCUT2D eigenvalue weighted by Gasteiger charge is 2.35. The molecule has 1 aliphatic carbocycles. The number of anilines is 1. The van der Waals surface area contributed by atoms with E-state index in [0.29, 0.717) is 25.0 Å². The highest BCUT2D eigenvalue weighted by Crippen LogP contribution is 2.32. The lowest BCUT2D eigenvalue weighted by atomic mass is 9.94. The number of hydrogen-bond donors (Lipinski definition) is 0. The van der Waals surface area contributed by atoms with Gasteiger partial charge < -0.3 is 14.4 Å². The average Bonchev–Trinajstić information content (AvgIpc) is 3.12. The number of aromatic nitrogens is 2. The van der Waals surface area contributed by atoms with Crippen LogP contribution in [0.3, 0.4) is 0 Å². The molecule has 1 aromatic carbocycles. The maximum absolute atomic E-state index is 13.7. The fraction of sp³-hybridized carbons (Fsp3) is 0.652. The Kier molecular flexibility index (Phi) is 6.25. The van der Waals surface area contributed by atoms with Gasteiger partial charge in [0.2, 0.25) is 11.9 Å². The highest BCUT2D eigenvalue weighted by molar-refractivity contribution is 5.80. The van der Waals surface area contributed by atoms with E-state index in [1.165, 1.54) is 19.3 Å². The Bertz CT molecular complexity index is 865. The molecular weight excluding hydrogens is 386 g/mol. The normalized spacial score (nSPS) is 19.9. The van der Waals surface area contributed by atoms with Crippen molar-refractivity contribution in [1.82, 2.24) is 14.5 Å².